The van der Waals surface area contributed by atoms with Gasteiger partial charge in [-0.2, -0.15) is 0 Å². The summed E-state index contributed by atoms with van der Waals surface area (Å²) in [6, 6.07) is 6.65. The lowest BCUT2D eigenvalue weighted by Gasteiger charge is -2.32. The molecule has 0 amide bonds. The molecule has 0 spiro atoms. The van der Waals surface area contributed by atoms with Crippen LogP contribution in [0.4, 0.5) is 0 Å². The molecule has 2 N–H and O–H groups in total. The van der Waals surface area contributed by atoms with Gasteiger partial charge >= 0.3 is 0 Å². The Morgan fingerprint density at radius 1 is 1.39 bits per heavy atom. The van der Waals surface area contributed by atoms with E-state index in [9.17, 15) is 0 Å². The van der Waals surface area contributed by atoms with Gasteiger partial charge in [-0.25, -0.2) is 0 Å². The van der Waals surface area contributed by atoms with Crippen molar-refractivity contribution in [3.63, 3.8) is 0 Å². The molecule has 2 nitrogen and oxygen atoms in total. The Morgan fingerprint density at radius 2 is 2.11 bits per heavy atom. The Hall–Kier alpha value is -0.280. The number of likely N-dealkylation sites (tertiary alicyclic amines) is 1. The summed E-state index contributed by atoms with van der Waals surface area (Å²) in [5, 5.41) is 1.30. The molecule has 2 rings (SSSR count). The van der Waals surface area contributed by atoms with E-state index in [-0.39, 0.29) is 0 Å². The third-order valence-electron chi connectivity index (χ3n) is 3.83. The first-order valence-corrected chi connectivity index (χ1v) is 7.21. The molecule has 1 aromatic rings. The van der Waals surface area contributed by atoms with Crippen LogP contribution in [0.3, 0.4) is 0 Å². The largest absolute Gasteiger partial charge is 0.330 e. The molecule has 0 bridgehead atoms. The van der Waals surface area contributed by atoms with Crippen LogP contribution in [0.15, 0.2) is 18.2 Å². The maximum absolute atomic E-state index is 6.37. The van der Waals surface area contributed by atoms with E-state index >= 15 is 0 Å². The molecular weight excluding hydrogens is 267 g/mol. The lowest BCUT2D eigenvalue weighted by Crippen LogP contribution is -2.33. The summed E-state index contributed by atoms with van der Waals surface area (Å²) in [6.07, 6.45) is 1.13. The van der Waals surface area contributed by atoms with Crippen molar-refractivity contribution in [3.8, 4) is 0 Å². The number of nitrogens with zero attached hydrogens (tertiary/aromatic N) is 1. The lowest BCUT2D eigenvalue weighted by atomic mass is 9.93. The minimum absolute atomic E-state index is 0.293. The van der Waals surface area contributed by atoms with Crippen molar-refractivity contribution in [2.24, 2.45) is 11.7 Å². The van der Waals surface area contributed by atoms with Crippen LogP contribution in [0.1, 0.15) is 31.9 Å². The van der Waals surface area contributed by atoms with Crippen molar-refractivity contribution in [1.82, 2.24) is 4.90 Å². The average Bonchev–Trinajstić information content (AvgIpc) is 2.76. The van der Waals surface area contributed by atoms with E-state index < -0.39 is 0 Å². The zero-order valence-electron chi connectivity index (χ0n) is 10.9. The Kier molecular flexibility index (Phi) is 4.54. The smallest absolute Gasteiger partial charge is 0.0640 e. The predicted molar refractivity (Wildman–Crippen MR) is 78.2 cm³/mol. The maximum Gasteiger partial charge on any atom is 0.0640 e. The van der Waals surface area contributed by atoms with Gasteiger partial charge in [0, 0.05) is 12.1 Å². The maximum atomic E-state index is 6.37. The second kappa shape index (κ2) is 5.79. The first kappa shape index (κ1) is 14.1. The van der Waals surface area contributed by atoms with E-state index in [0.29, 0.717) is 34.6 Å². The van der Waals surface area contributed by atoms with Gasteiger partial charge in [-0.05, 0) is 50.9 Å². The summed E-state index contributed by atoms with van der Waals surface area (Å²) in [7, 11) is 0. The molecule has 100 valence electrons. The SMILES string of the molecule is CC(C)N1CCC(CN)C1c1cccc(Cl)c1Cl. The number of hydrogen-bond donors (Lipinski definition) is 1. The van der Waals surface area contributed by atoms with Crippen molar-refractivity contribution in [1.29, 1.82) is 0 Å². The van der Waals surface area contributed by atoms with Gasteiger partial charge in [0.25, 0.3) is 0 Å². The van der Waals surface area contributed by atoms with Gasteiger partial charge in [0.1, 0.15) is 0 Å². The monoisotopic (exact) mass is 286 g/mol. The van der Waals surface area contributed by atoms with Crippen LogP contribution in [0.2, 0.25) is 10.0 Å². The number of halogens is 2. The first-order chi connectivity index (χ1) is 8.56. The molecule has 0 aromatic heterocycles. The predicted octanol–water partition coefficient (Wildman–Crippen LogP) is 3.72. The molecule has 4 heteroatoms. The topological polar surface area (TPSA) is 29.3 Å². The van der Waals surface area contributed by atoms with Gasteiger partial charge in [-0.3, -0.25) is 4.90 Å². The quantitative estimate of drug-likeness (QED) is 0.918. The van der Waals surface area contributed by atoms with Crippen LogP contribution < -0.4 is 5.73 Å². The summed E-state index contributed by atoms with van der Waals surface area (Å²) in [6.45, 7) is 6.19. The Morgan fingerprint density at radius 3 is 2.72 bits per heavy atom. The minimum atomic E-state index is 0.293. The number of hydrogen-bond acceptors (Lipinski definition) is 2. The van der Waals surface area contributed by atoms with Gasteiger partial charge in [0.2, 0.25) is 0 Å². The molecule has 1 fully saturated rings. The van der Waals surface area contributed by atoms with Crippen molar-refractivity contribution >= 4 is 23.2 Å². The standard InChI is InChI=1S/C14H20Cl2N2/c1-9(2)18-7-6-10(8-17)14(18)11-4-3-5-12(15)13(11)16/h3-5,9-10,14H,6-8,17H2,1-2H3. The molecule has 1 heterocycles. The van der Waals surface area contributed by atoms with Gasteiger partial charge in [-0.15, -0.1) is 0 Å². The highest BCUT2D eigenvalue weighted by molar-refractivity contribution is 6.42. The van der Waals surface area contributed by atoms with Crippen LogP contribution in [0, 0.1) is 5.92 Å². The zero-order chi connectivity index (χ0) is 13.3. The molecule has 0 saturated carbocycles. The summed E-state index contributed by atoms with van der Waals surface area (Å²) >= 11 is 12.5. The Balaban J connectivity index is 2.40. The number of nitrogens with two attached hydrogens (primary N) is 1. The van der Waals surface area contributed by atoms with Crippen molar-refractivity contribution < 1.29 is 0 Å². The van der Waals surface area contributed by atoms with E-state index in [1.807, 2.05) is 12.1 Å². The molecule has 18 heavy (non-hydrogen) atoms. The molecule has 1 aliphatic heterocycles. The normalized spacial score (nSPS) is 25.0. The van der Waals surface area contributed by atoms with E-state index in [1.165, 1.54) is 0 Å². The highest BCUT2D eigenvalue weighted by atomic mass is 35.5. The molecule has 0 radical (unpaired) electrons. The summed E-state index contributed by atoms with van der Waals surface area (Å²) in [5.74, 6) is 0.461. The molecule has 0 aliphatic carbocycles. The fourth-order valence-corrected chi connectivity index (χ4v) is 3.31. The zero-order valence-corrected chi connectivity index (χ0v) is 12.4. The molecule has 1 aromatic carbocycles. The fraction of sp³-hybridized carbons (Fsp3) is 0.571. The van der Waals surface area contributed by atoms with E-state index in [4.69, 9.17) is 28.9 Å². The third kappa shape index (κ3) is 2.53. The van der Waals surface area contributed by atoms with Gasteiger partial charge < -0.3 is 5.73 Å². The summed E-state index contributed by atoms with van der Waals surface area (Å²) < 4.78 is 0. The fourth-order valence-electron chi connectivity index (χ4n) is 2.89. The molecule has 1 saturated heterocycles. The van der Waals surface area contributed by atoms with E-state index in [2.05, 4.69) is 24.8 Å². The molecule has 1 aliphatic rings. The van der Waals surface area contributed by atoms with Crippen LogP contribution in [-0.2, 0) is 0 Å². The second-order valence-electron chi connectivity index (χ2n) is 5.20. The molecular formula is C14H20Cl2N2. The van der Waals surface area contributed by atoms with Crippen LogP contribution in [-0.4, -0.2) is 24.0 Å². The number of benzene rings is 1. The van der Waals surface area contributed by atoms with Gasteiger partial charge in [0.05, 0.1) is 10.0 Å². The van der Waals surface area contributed by atoms with E-state index in [0.717, 1.165) is 18.5 Å². The molecule has 2 unspecified atom stereocenters. The summed E-state index contributed by atoms with van der Waals surface area (Å²) in [4.78, 5) is 2.47. The lowest BCUT2D eigenvalue weighted by molar-refractivity contribution is 0.185. The minimum Gasteiger partial charge on any atom is -0.330 e. The summed E-state index contributed by atoms with van der Waals surface area (Å²) in [5.41, 5.74) is 7.03. The first-order valence-electron chi connectivity index (χ1n) is 6.46. The van der Waals surface area contributed by atoms with Crippen molar-refractivity contribution in [3.05, 3.63) is 33.8 Å². The molecule has 2 atom stereocenters. The van der Waals surface area contributed by atoms with Gasteiger partial charge in [-0.1, -0.05) is 35.3 Å². The van der Waals surface area contributed by atoms with E-state index in [1.54, 1.807) is 0 Å². The van der Waals surface area contributed by atoms with Crippen molar-refractivity contribution in [2.45, 2.75) is 32.4 Å². The number of rotatable bonds is 3. The highest BCUT2D eigenvalue weighted by Gasteiger charge is 2.36. The van der Waals surface area contributed by atoms with Crippen LogP contribution in [0.5, 0.6) is 0 Å². The van der Waals surface area contributed by atoms with Crippen molar-refractivity contribution in [2.75, 3.05) is 13.1 Å². The Labute approximate surface area is 119 Å². The Bertz CT molecular complexity index is 420. The second-order valence-corrected chi connectivity index (χ2v) is 5.99. The third-order valence-corrected chi connectivity index (χ3v) is 4.66. The van der Waals surface area contributed by atoms with Crippen LogP contribution >= 0.6 is 23.2 Å². The van der Waals surface area contributed by atoms with Crippen LogP contribution in [0.25, 0.3) is 0 Å². The highest BCUT2D eigenvalue weighted by Crippen LogP contribution is 2.42. The van der Waals surface area contributed by atoms with Gasteiger partial charge in [0.15, 0.2) is 0 Å². The average molecular weight is 287 g/mol.